The summed E-state index contributed by atoms with van der Waals surface area (Å²) in [5.74, 6) is -0.172. The Morgan fingerprint density at radius 1 is 1.00 bits per heavy atom. The number of allylic oxidation sites excluding steroid dienone is 2. The molecule has 0 radical (unpaired) electrons. The highest BCUT2D eigenvalue weighted by Crippen LogP contribution is 2.67. The third-order valence-corrected chi connectivity index (χ3v) is 8.82. The van der Waals surface area contributed by atoms with Crippen molar-refractivity contribution in [3.63, 3.8) is 0 Å². The molecule has 1 heterocycles. The van der Waals surface area contributed by atoms with Crippen LogP contribution in [-0.4, -0.2) is 42.2 Å². The Morgan fingerprint density at radius 2 is 1.69 bits per heavy atom. The van der Waals surface area contributed by atoms with Crippen LogP contribution in [0.4, 0.5) is 5.69 Å². The topological polar surface area (TPSA) is 43.8 Å². The molecule has 0 aromatic heterocycles. The van der Waals surface area contributed by atoms with Crippen LogP contribution < -0.4 is 4.90 Å². The highest BCUT2D eigenvalue weighted by Gasteiger charge is 2.57. The lowest BCUT2D eigenvalue weighted by Gasteiger charge is -2.39. The minimum Gasteiger partial charge on any atom is -0.478 e. The Morgan fingerprint density at radius 3 is 2.28 bits per heavy atom. The third-order valence-electron chi connectivity index (χ3n) is 8.82. The van der Waals surface area contributed by atoms with E-state index in [4.69, 9.17) is 5.11 Å². The van der Waals surface area contributed by atoms with Crippen molar-refractivity contribution in [3.8, 4) is 0 Å². The molecule has 4 heteroatoms. The van der Waals surface area contributed by atoms with E-state index in [1.807, 2.05) is 12.1 Å². The van der Waals surface area contributed by atoms with Gasteiger partial charge in [0.15, 0.2) is 0 Å². The standard InChI is InChI=1S/C28H34N2O2/c1-27(2)22-12-13-28(27,3)25(18-22)24-7-5-4-6-21(24)19-29-14-16-30(17-15-29)23-10-8-20(9-11-23)26(31)32/h4-11,18,22H,12-17,19H2,1-3H3,(H,31,32)/t22-,28-/m1/s1. The van der Waals surface area contributed by atoms with Crippen LogP contribution in [0.5, 0.6) is 0 Å². The predicted molar refractivity (Wildman–Crippen MR) is 130 cm³/mol. The van der Waals surface area contributed by atoms with Crippen molar-refractivity contribution in [2.75, 3.05) is 31.1 Å². The summed E-state index contributed by atoms with van der Waals surface area (Å²) < 4.78 is 0. The summed E-state index contributed by atoms with van der Waals surface area (Å²) in [6, 6.07) is 16.3. The van der Waals surface area contributed by atoms with E-state index in [2.05, 4.69) is 60.9 Å². The van der Waals surface area contributed by atoms with Crippen LogP contribution in [0, 0.1) is 16.7 Å². The van der Waals surface area contributed by atoms with Crippen molar-refractivity contribution in [2.45, 2.75) is 40.2 Å². The zero-order valence-electron chi connectivity index (χ0n) is 19.5. The first-order valence-corrected chi connectivity index (χ1v) is 11.9. The van der Waals surface area contributed by atoms with Gasteiger partial charge in [-0.15, -0.1) is 0 Å². The van der Waals surface area contributed by atoms with Crippen LogP contribution in [0.25, 0.3) is 5.57 Å². The average Bonchev–Trinajstić information content (AvgIpc) is 3.14. The number of benzene rings is 2. The molecule has 0 amide bonds. The Kier molecular flexibility index (Phi) is 5.16. The van der Waals surface area contributed by atoms with Gasteiger partial charge in [0, 0.05) is 38.4 Å². The first kappa shape index (κ1) is 21.3. The van der Waals surface area contributed by atoms with Gasteiger partial charge >= 0.3 is 5.97 Å². The maximum atomic E-state index is 11.1. The monoisotopic (exact) mass is 430 g/mol. The summed E-state index contributed by atoms with van der Waals surface area (Å²) >= 11 is 0. The maximum absolute atomic E-state index is 11.1. The lowest BCUT2D eigenvalue weighted by atomic mass is 9.66. The number of nitrogens with zero attached hydrogens (tertiary/aromatic N) is 2. The number of piperazine rings is 1. The molecule has 5 rings (SSSR count). The Hall–Kier alpha value is -2.59. The maximum Gasteiger partial charge on any atom is 0.335 e. The molecule has 0 unspecified atom stereocenters. The minimum absolute atomic E-state index is 0.272. The molecule has 4 nitrogen and oxygen atoms in total. The number of hydrogen-bond donors (Lipinski definition) is 1. The molecule has 2 aromatic carbocycles. The van der Waals surface area contributed by atoms with Gasteiger partial charge in [-0.1, -0.05) is 51.1 Å². The number of aromatic carboxylic acids is 1. The molecule has 3 aliphatic rings. The molecular weight excluding hydrogens is 396 g/mol. The first-order valence-electron chi connectivity index (χ1n) is 11.9. The largest absolute Gasteiger partial charge is 0.478 e. The molecule has 1 saturated heterocycles. The SMILES string of the molecule is CC1(C)[C@H]2C=C(c3ccccc3CN3CCN(c4ccc(C(=O)O)cc4)CC3)[C@@]1(C)CC2. The third kappa shape index (κ3) is 3.36. The second kappa shape index (κ2) is 7.77. The Balaban J connectivity index is 1.28. The molecule has 1 N–H and O–H groups in total. The van der Waals surface area contributed by atoms with Gasteiger partial charge in [-0.05, 0) is 70.6 Å². The van der Waals surface area contributed by atoms with E-state index >= 15 is 0 Å². The van der Waals surface area contributed by atoms with E-state index in [0.717, 1.165) is 38.4 Å². The highest BCUT2D eigenvalue weighted by atomic mass is 16.4. The number of hydrogen-bond acceptors (Lipinski definition) is 3. The average molecular weight is 431 g/mol. The molecule has 2 atom stereocenters. The molecule has 1 saturated carbocycles. The van der Waals surface area contributed by atoms with E-state index in [1.54, 1.807) is 17.7 Å². The molecule has 1 aliphatic heterocycles. The minimum atomic E-state index is -0.872. The smallest absolute Gasteiger partial charge is 0.335 e. The summed E-state index contributed by atoms with van der Waals surface area (Å²) in [4.78, 5) is 16.0. The van der Waals surface area contributed by atoms with Crippen LogP contribution in [0.15, 0.2) is 54.6 Å². The van der Waals surface area contributed by atoms with Crippen molar-refractivity contribution < 1.29 is 9.90 Å². The second-order valence-corrected chi connectivity index (χ2v) is 10.6. The molecule has 32 heavy (non-hydrogen) atoms. The number of rotatable bonds is 5. The predicted octanol–water partition coefficient (Wildman–Crippen LogP) is 5.55. The fourth-order valence-corrected chi connectivity index (χ4v) is 6.22. The van der Waals surface area contributed by atoms with Crippen LogP contribution >= 0.6 is 0 Å². The van der Waals surface area contributed by atoms with Gasteiger partial charge < -0.3 is 10.0 Å². The number of carboxylic acids is 1. The Labute approximate surface area is 191 Å². The van der Waals surface area contributed by atoms with Gasteiger partial charge in [-0.3, -0.25) is 4.90 Å². The summed E-state index contributed by atoms with van der Waals surface area (Å²) in [6.07, 6.45) is 5.20. The number of carbonyl (C=O) groups is 1. The molecule has 2 aromatic rings. The van der Waals surface area contributed by atoms with Gasteiger partial charge in [0.1, 0.15) is 0 Å². The van der Waals surface area contributed by atoms with Crippen LogP contribution in [0.2, 0.25) is 0 Å². The zero-order valence-corrected chi connectivity index (χ0v) is 19.5. The van der Waals surface area contributed by atoms with Crippen molar-refractivity contribution >= 4 is 17.2 Å². The normalized spacial score (nSPS) is 26.9. The van der Waals surface area contributed by atoms with E-state index in [0.29, 0.717) is 16.9 Å². The lowest BCUT2D eigenvalue weighted by molar-refractivity contribution is 0.0697. The van der Waals surface area contributed by atoms with Gasteiger partial charge in [0.05, 0.1) is 5.56 Å². The molecule has 168 valence electrons. The molecule has 2 fully saturated rings. The van der Waals surface area contributed by atoms with Gasteiger partial charge in [-0.25, -0.2) is 4.79 Å². The van der Waals surface area contributed by atoms with Crippen molar-refractivity contribution in [1.29, 1.82) is 0 Å². The lowest BCUT2D eigenvalue weighted by Crippen LogP contribution is -2.46. The van der Waals surface area contributed by atoms with E-state index in [9.17, 15) is 4.79 Å². The van der Waals surface area contributed by atoms with Crippen molar-refractivity contribution in [2.24, 2.45) is 16.7 Å². The van der Waals surface area contributed by atoms with Gasteiger partial charge in [0.25, 0.3) is 0 Å². The van der Waals surface area contributed by atoms with Crippen molar-refractivity contribution in [3.05, 3.63) is 71.3 Å². The first-order chi connectivity index (χ1) is 15.3. The number of anilines is 1. The van der Waals surface area contributed by atoms with Gasteiger partial charge in [-0.2, -0.15) is 0 Å². The number of carboxylic acid groups (broad SMARTS) is 1. The zero-order chi connectivity index (χ0) is 22.5. The molecule has 2 bridgehead atoms. The number of fused-ring (bicyclic) bond motifs is 2. The second-order valence-electron chi connectivity index (χ2n) is 10.6. The van der Waals surface area contributed by atoms with Crippen LogP contribution in [0.1, 0.15) is 55.1 Å². The van der Waals surface area contributed by atoms with Crippen LogP contribution in [-0.2, 0) is 6.54 Å². The fraction of sp³-hybridized carbons (Fsp3) is 0.464. The summed E-state index contributed by atoms with van der Waals surface area (Å²) in [7, 11) is 0. The van der Waals surface area contributed by atoms with Crippen LogP contribution in [0.3, 0.4) is 0 Å². The highest BCUT2D eigenvalue weighted by molar-refractivity contribution is 5.88. The van der Waals surface area contributed by atoms with E-state index < -0.39 is 5.97 Å². The fourth-order valence-electron chi connectivity index (χ4n) is 6.22. The molecule has 0 spiro atoms. The molecular formula is C28H34N2O2. The van der Waals surface area contributed by atoms with Gasteiger partial charge in [0.2, 0.25) is 0 Å². The Bertz CT molecular complexity index is 1050. The summed E-state index contributed by atoms with van der Waals surface area (Å²) in [5, 5.41) is 9.12. The van der Waals surface area contributed by atoms with E-state index in [1.165, 1.54) is 24.0 Å². The molecule has 2 aliphatic carbocycles. The summed E-state index contributed by atoms with van der Waals surface area (Å²) in [5.41, 5.74) is 6.55. The summed E-state index contributed by atoms with van der Waals surface area (Å²) in [6.45, 7) is 12.3. The van der Waals surface area contributed by atoms with E-state index in [-0.39, 0.29) is 5.41 Å². The van der Waals surface area contributed by atoms with Crippen molar-refractivity contribution in [1.82, 2.24) is 4.90 Å². The quantitative estimate of drug-likeness (QED) is 0.676.